The molecule has 1 atom stereocenters. The van der Waals surface area contributed by atoms with Gasteiger partial charge in [-0.05, 0) is 43.5 Å². The standard InChI is InChI=1S/C25H23ClN2O5S/c26-17-7-5-16(6-8-17)23-13-21(20-3-1-2-4-22(20)27-23)25(30)33-14-24(29)28(18-9-10-18)19-11-12-34(31,32)15-19/h1-8,13,18-19H,9-12,14-15H2/t19-/m0/s1. The van der Waals surface area contributed by atoms with Gasteiger partial charge in [-0.2, -0.15) is 0 Å². The normalized spacial score (nSPS) is 19.1. The number of pyridine rings is 1. The van der Waals surface area contributed by atoms with Crippen LogP contribution in [-0.4, -0.2) is 60.4 Å². The zero-order valence-corrected chi connectivity index (χ0v) is 19.9. The topological polar surface area (TPSA) is 93.6 Å². The Morgan fingerprint density at radius 2 is 1.76 bits per heavy atom. The van der Waals surface area contributed by atoms with Crippen molar-refractivity contribution in [1.29, 1.82) is 0 Å². The fraction of sp³-hybridized carbons (Fsp3) is 0.320. The van der Waals surface area contributed by atoms with Gasteiger partial charge >= 0.3 is 5.97 Å². The van der Waals surface area contributed by atoms with Crippen molar-refractivity contribution < 1.29 is 22.7 Å². The molecule has 2 aromatic carbocycles. The zero-order valence-electron chi connectivity index (χ0n) is 18.3. The second kappa shape index (κ2) is 9.00. The third-order valence-electron chi connectivity index (χ3n) is 6.23. The third kappa shape index (κ3) is 4.79. The predicted octanol–water partition coefficient (Wildman–Crippen LogP) is 3.89. The van der Waals surface area contributed by atoms with Gasteiger partial charge in [-0.3, -0.25) is 4.79 Å². The number of esters is 1. The molecule has 176 valence electrons. The highest BCUT2D eigenvalue weighted by molar-refractivity contribution is 7.91. The van der Waals surface area contributed by atoms with Gasteiger partial charge in [-0.25, -0.2) is 18.2 Å². The first kappa shape index (κ1) is 22.8. The predicted molar refractivity (Wildman–Crippen MR) is 129 cm³/mol. The number of hydrogen-bond donors (Lipinski definition) is 0. The van der Waals surface area contributed by atoms with Gasteiger partial charge in [0.1, 0.15) is 0 Å². The van der Waals surface area contributed by atoms with Gasteiger partial charge in [0.25, 0.3) is 5.91 Å². The summed E-state index contributed by atoms with van der Waals surface area (Å²) in [6.45, 7) is -0.432. The molecule has 0 radical (unpaired) electrons. The van der Waals surface area contributed by atoms with E-state index in [1.54, 1.807) is 29.2 Å². The van der Waals surface area contributed by atoms with Crippen LogP contribution in [0.25, 0.3) is 22.2 Å². The van der Waals surface area contributed by atoms with E-state index in [0.717, 1.165) is 18.4 Å². The molecule has 34 heavy (non-hydrogen) atoms. The van der Waals surface area contributed by atoms with Crippen molar-refractivity contribution in [3.05, 3.63) is 65.2 Å². The molecule has 2 aliphatic rings. The summed E-state index contributed by atoms with van der Waals surface area (Å²) >= 11 is 6.00. The summed E-state index contributed by atoms with van der Waals surface area (Å²) in [6, 6.07) is 15.7. The smallest absolute Gasteiger partial charge is 0.339 e. The number of hydrogen-bond acceptors (Lipinski definition) is 6. The van der Waals surface area contributed by atoms with Crippen molar-refractivity contribution in [1.82, 2.24) is 9.88 Å². The average molecular weight is 499 g/mol. The van der Waals surface area contributed by atoms with Gasteiger partial charge in [0.15, 0.2) is 16.4 Å². The van der Waals surface area contributed by atoms with Gasteiger partial charge in [-0.15, -0.1) is 0 Å². The monoisotopic (exact) mass is 498 g/mol. The highest BCUT2D eigenvalue weighted by atomic mass is 35.5. The quantitative estimate of drug-likeness (QED) is 0.479. The Kier molecular flexibility index (Phi) is 6.04. The van der Waals surface area contributed by atoms with Crippen molar-refractivity contribution in [2.24, 2.45) is 0 Å². The Hall–Kier alpha value is -2.97. The molecular formula is C25H23ClN2O5S. The summed E-state index contributed by atoms with van der Waals surface area (Å²) in [5.74, 6) is -0.918. The van der Waals surface area contributed by atoms with E-state index in [1.165, 1.54) is 0 Å². The Balaban J connectivity index is 1.38. The van der Waals surface area contributed by atoms with Gasteiger partial charge in [0.05, 0.1) is 28.3 Å². The largest absolute Gasteiger partial charge is 0.452 e. The molecule has 1 aliphatic carbocycles. The molecule has 1 aliphatic heterocycles. The fourth-order valence-electron chi connectivity index (χ4n) is 4.45. The Bertz CT molecular complexity index is 1370. The number of ether oxygens (including phenoxy) is 1. The molecule has 9 heteroatoms. The molecule has 2 fully saturated rings. The number of halogens is 1. The van der Waals surface area contributed by atoms with Crippen LogP contribution in [0.15, 0.2) is 54.6 Å². The summed E-state index contributed by atoms with van der Waals surface area (Å²) in [4.78, 5) is 32.3. The van der Waals surface area contributed by atoms with Gasteiger partial charge < -0.3 is 9.64 Å². The van der Waals surface area contributed by atoms with Gasteiger partial charge in [0.2, 0.25) is 0 Å². The molecule has 1 saturated heterocycles. The molecule has 0 N–H and O–H groups in total. The van der Waals surface area contributed by atoms with Crippen LogP contribution in [0.3, 0.4) is 0 Å². The lowest BCUT2D eigenvalue weighted by Gasteiger charge is -2.28. The van der Waals surface area contributed by atoms with Crippen molar-refractivity contribution in [3.8, 4) is 11.3 Å². The van der Waals surface area contributed by atoms with E-state index in [-0.39, 0.29) is 29.5 Å². The first-order valence-electron chi connectivity index (χ1n) is 11.2. The number of rotatable bonds is 6. The number of sulfone groups is 1. The number of nitrogens with zero attached hydrogens (tertiary/aromatic N) is 2. The SMILES string of the molecule is O=C(OCC(=O)N(C1CC1)[C@H]1CCS(=O)(=O)C1)c1cc(-c2ccc(Cl)cc2)nc2ccccc12. The van der Waals surface area contributed by atoms with Crippen LogP contribution in [0, 0.1) is 0 Å². The van der Waals surface area contributed by atoms with Gasteiger partial charge in [-0.1, -0.05) is 41.9 Å². The van der Waals surface area contributed by atoms with E-state index in [4.69, 9.17) is 16.3 Å². The molecule has 2 heterocycles. The summed E-state index contributed by atoms with van der Waals surface area (Å²) < 4.78 is 29.3. The van der Waals surface area contributed by atoms with Crippen LogP contribution < -0.4 is 0 Å². The molecule has 5 rings (SSSR count). The number of benzene rings is 2. The number of fused-ring (bicyclic) bond motifs is 1. The van der Waals surface area contributed by atoms with Crippen molar-refractivity contribution in [2.75, 3.05) is 18.1 Å². The highest BCUT2D eigenvalue weighted by Crippen LogP contribution is 2.32. The van der Waals surface area contributed by atoms with E-state index in [0.29, 0.717) is 33.6 Å². The zero-order chi connectivity index (χ0) is 23.9. The maximum absolute atomic E-state index is 13.1. The van der Waals surface area contributed by atoms with Crippen LogP contribution in [0.4, 0.5) is 0 Å². The molecule has 0 bridgehead atoms. The van der Waals surface area contributed by atoms with Crippen molar-refractivity contribution in [3.63, 3.8) is 0 Å². The fourth-order valence-corrected chi connectivity index (χ4v) is 6.28. The van der Waals surface area contributed by atoms with Crippen LogP contribution in [0.5, 0.6) is 0 Å². The van der Waals surface area contributed by atoms with Crippen molar-refractivity contribution >= 4 is 44.2 Å². The maximum Gasteiger partial charge on any atom is 0.339 e. The molecule has 0 unspecified atom stereocenters. The molecule has 0 spiro atoms. The van der Waals surface area contributed by atoms with Crippen LogP contribution >= 0.6 is 11.6 Å². The second-order valence-electron chi connectivity index (χ2n) is 8.74. The van der Waals surface area contributed by atoms with E-state index in [9.17, 15) is 18.0 Å². The Labute approximate surface area is 202 Å². The van der Waals surface area contributed by atoms with Crippen molar-refractivity contribution in [2.45, 2.75) is 31.3 Å². The first-order chi connectivity index (χ1) is 16.3. The molecule has 1 saturated carbocycles. The minimum Gasteiger partial charge on any atom is -0.452 e. The van der Waals surface area contributed by atoms with Gasteiger partial charge in [0, 0.05) is 28.1 Å². The summed E-state index contributed by atoms with van der Waals surface area (Å²) in [5.41, 5.74) is 2.32. The number of aromatic nitrogens is 1. The maximum atomic E-state index is 13.1. The molecule has 1 amide bonds. The Morgan fingerprint density at radius 3 is 2.44 bits per heavy atom. The van der Waals surface area contributed by atoms with E-state index >= 15 is 0 Å². The number of carbonyl (C=O) groups excluding carboxylic acids is 2. The number of amides is 1. The Morgan fingerprint density at radius 1 is 1.03 bits per heavy atom. The lowest BCUT2D eigenvalue weighted by Crippen LogP contribution is -2.44. The lowest BCUT2D eigenvalue weighted by molar-refractivity contribution is -0.137. The molecule has 7 nitrogen and oxygen atoms in total. The second-order valence-corrected chi connectivity index (χ2v) is 11.4. The summed E-state index contributed by atoms with van der Waals surface area (Å²) in [5, 5.41) is 1.22. The van der Waals surface area contributed by atoms with E-state index in [1.807, 2.05) is 30.3 Å². The van der Waals surface area contributed by atoms with Crippen LogP contribution in [-0.2, 0) is 19.4 Å². The van der Waals surface area contributed by atoms with Crippen LogP contribution in [0.2, 0.25) is 5.02 Å². The summed E-state index contributed by atoms with van der Waals surface area (Å²) in [6.07, 6.45) is 2.11. The van der Waals surface area contributed by atoms with Crippen LogP contribution in [0.1, 0.15) is 29.6 Å². The molecular weight excluding hydrogens is 476 g/mol. The first-order valence-corrected chi connectivity index (χ1v) is 13.3. The molecule has 3 aromatic rings. The number of para-hydroxylation sites is 1. The number of carbonyl (C=O) groups is 2. The summed E-state index contributed by atoms with van der Waals surface area (Å²) in [7, 11) is -3.13. The average Bonchev–Trinajstić information content (AvgIpc) is 3.59. The third-order valence-corrected chi connectivity index (χ3v) is 8.24. The lowest BCUT2D eigenvalue weighted by atomic mass is 10.0. The highest BCUT2D eigenvalue weighted by Gasteiger charge is 2.42. The minimum absolute atomic E-state index is 0.0252. The van der Waals surface area contributed by atoms with E-state index in [2.05, 4.69) is 4.98 Å². The van der Waals surface area contributed by atoms with E-state index < -0.39 is 22.4 Å². The molecule has 1 aromatic heterocycles. The minimum atomic E-state index is -3.13.